The highest BCUT2D eigenvalue weighted by Gasteiger charge is 2.30. The normalized spacial score (nSPS) is 28.3. The molecular weight excluding hydrogens is 198 g/mol. The first-order valence-corrected chi connectivity index (χ1v) is 6.76. The van der Waals surface area contributed by atoms with Gasteiger partial charge in [-0.05, 0) is 40.2 Å². The van der Waals surface area contributed by atoms with Crippen LogP contribution in [-0.2, 0) is 0 Å². The highest BCUT2D eigenvalue weighted by Crippen LogP contribution is 2.20. The molecule has 2 rings (SSSR count). The number of hydrogen-bond donors (Lipinski definition) is 1. The molecule has 16 heavy (non-hydrogen) atoms. The van der Waals surface area contributed by atoms with Crippen molar-refractivity contribution in [2.24, 2.45) is 0 Å². The topological polar surface area (TPSA) is 18.5 Å². The van der Waals surface area contributed by atoms with Gasteiger partial charge in [0, 0.05) is 44.3 Å². The van der Waals surface area contributed by atoms with Crippen molar-refractivity contribution in [1.82, 2.24) is 15.1 Å². The molecule has 0 aromatic heterocycles. The van der Waals surface area contributed by atoms with Gasteiger partial charge in [-0.15, -0.1) is 0 Å². The maximum Gasteiger partial charge on any atom is 0.0224 e. The molecule has 94 valence electrons. The summed E-state index contributed by atoms with van der Waals surface area (Å²) in [5.41, 5.74) is 0.259. The summed E-state index contributed by atoms with van der Waals surface area (Å²) in [6.45, 7) is 14.2. The first-order chi connectivity index (χ1) is 7.54. The third-order valence-corrected chi connectivity index (χ3v) is 3.75. The summed E-state index contributed by atoms with van der Waals surface area (Å²) < 4.78 is 0. The van der Waals surface area contributed by atoms with Gasteiger partial charge in [-0.3, -0.25) is 9.80 Å². The second-order valence-electron chi connectivity index (χ2n) is 6.31. The van der Waals surface area contributed by atoms with E-state index in [1.807, 2.05) is 0 Å². The minimum absolute atomic E-state index is 0.259. The van der Waals surface area contributed by atoms with E-state index in [1.165, 1.54) is 45.6 Å². The third-order valence-electron chi connectivity index (χ3n) is 3.75. The van der Waals surface area contributed by atoms with Crippen LogP contribution in [0.5, 0.6) is 0 Å². The molecule has 0 spiro atoms. The molecule has 1 atom stereocenters. The fraction of sp³-hybridized carbons (Fsp3) is 1.00. The zero-order valence-corrected chi connectivity index (χ0v) is 11.1. The van der Waals surface area contributed by atoms with E-state index in [0.717, 1.165) is 12.6 Å². The van der Waals surface area contributed by atoms with Crippen LogP contribution < -0.4 is 5.32 Å². The van der Waals surface area contributed by atoms with Crippen LogP contribution in [-0.4, -0.2) is 60.6 Å². The van der Waals surface area contributed by atoms with Crippen LogP contribution in [0.15, 0.2) is 0 Å². The number of rotatable bonds is 3. The van der Waals surface area contributed by atoms with Gasteiger partial charge in [0.05, 0.1) is 0 Å². The third kappa shape index (κ3) is 3.44. The van der Waals surface area contributed by atoms with Crippen molar-refractivity contribution in [3.63, 3.8) is 0 Å². The Labute approximate surface area is 100 Å². The molecule has 2 heterocycles. The van der Waals surface area contributed by atoms with Gasteiger partial charge < -0.3 is 5.32 Å². The molecule has 0 bridgehead atoms. The van der Waals surface area contributed by atoms with Gasteiger partial charge in [0.1, 0.15) is 0 Å². The SMILES string of the molecule is CC(C)(C)NCCN1CCN2CCCC2C1. The van der Waals surface area contributed by atoms with Gasteiger partial charge in [0.15, 0.2) is 0 Å². The predicted molar refractivity (Wildman–Crippen MR) is 68.8 cm³/mol. The quantitative estimate of drug-likeness (QED) is 0.777. The second-order valence-corrected chi connectivity index (χ2v) is 6.31. The summed E-state index contributed by atoms with van der Waals surface area (Å²) in [7, 11) is 0. The van der Waals surface area contributed by atoms with Crippen LogP contribution in [0.3, 0.4) is 0 Å². The zero-order valence-electron chi connectivity index (χ0n) is 11.1. The van der Waals surface area contributed by atoms with Crippen molar-refractivity contribution in [3.8, 4) is 0 Å². The first-order valence-electron chi connectivity index (χ1n) is 6.76. The molecular formula is C13H27N3. The average Bonchev–Trinajstić information content (AvgIpc) is 2.62. The van der Waals surface area contributed by atoms with E-state index in [9.17, 15) is 0 Å². The van der Waals surface area contributed by atoms with E-state index < -0.39 is 0 Å². The molecule has 1 N–H and O–H groups in total. The highest BCUT2D eigenvalue weighted by atomic mass is 15.3. The lowest BCUT2D eigenvalue weighted by Gasteiger charge is -2.38. The van der Waals surface area contributed by atoms with Crippen molar-refractivity contribution >= 4 is 0 Å². The Morgan fingerprint density at radius 2 is 2.00 bits per heavy atom. The lowest BCUT2D eigenvalue weighted by atomic mass is 10.1. The first kappa shape index (κ1) is 12.3. The number of nitrogens with one attached hydrogen (secondary N) is 1. The van der Waals surface area contributed by atoms with Crippen molar-refractivity contribution in [3.05, 3.63) is 0 Å². The Kier molecular flexibility index (Phi) is 3.88. The van der Waals surface area contributed by atoms with E-state index in [0.29, 0.717) is 0 Å². The van der Waals surface area contributed by atoms with Gasteiger partial charge in [0.2, 0.25) is 0 Å². The van der Waals surface area contributed by atoms with Crippen molar-refractivity contribution in [1.29, 1.82) is 0 Å². The Morgan fingerprint density at radius 3 is 2.75 bits per heavy atom. The molecule has 0 aromatic rings. The molecule has 0 amide bonds. The van der Waals surface area contributed by atoms with Crippen LogP contribution in [0.1, 0.15) is 33.6 Å². The number of piperazine rings is 1. The van der Waals surface area contributed by atoms with Gasteiger partial charge in [-0.25, -0.2) is 0 Å². The summed E-state index contributed by atoms with van der Waals surface area (Å²) >= 11 is 0. The molecule has 0 aromatic carbocycles. The fourth-order valence-electron chi connectivity index (χ4n) is 2.85. The predicted octanol–water partition coefficient (Wildman–Crippen LogP) is 1.15. The maximum absolute atomic E-state index is 3.57. The van der Waals surface area contributed by atoms with Crippen LogP contribution in [0.25, 0.3) is 0 Å². The largest absolute Gasteiger partial charge is 0.311 e. The van der Waals surface area contributed by atoms with Crippen molar-refractivity contribution in [2.75, 3.05) is 39.3 Å². The lowest BCUT2D eigenvalue weighted by molar-refractivity contribution is 0.104. The lowest BCUT2D eigenvalue weighted by Crippen LogP contribution is -2.52. The fourth-order valence-corrected chi connectivity index (χ4v) is 2.85. The molecule has 2 aliphatic heterocycles. The van der Waals surface area contributed by atoms with E-state index >= 15 is 0 Å². The number of nitrogens with zero attached hydrogens (tertiary/aromatic N) is 2. The smallest absolute Gasteiger partial charge is 0.0224 e. The molecule has 2 saturated heterocycles. The van der Waals surface area contributed by atoms with E-state index in [2.05, 4.69) is 35.9 Å². The molecule has 1 unspecified atom stereocenters. The summed E-state index contributed by atoms with van der Waals surface area (Å²) in [5.74, 6) is 0. The highest BCUT2D eigenvalue weighted by molar-refractivity contribution is 4.87. The summed E-state index contributed by atoms with van der Waals surface area (Å²) in [6, 6.07) is 0.864. The Hall–Kier alpha value is -0.120. The Morgan fingerprint density at radius 1 is 1.19 bits per heavy atom. The minimum Gasteiger partial charge on any atom is -0.311 e. The van der Waals surface area contributed by atoms with Crippen LogP contribution in [0.2, 0.25) is 0 Å². The number of hydrogen-bond acceptors (Lipinski definition) is 3. The van der Waals surface area contributed by atoms with E-state index in [1.54, 1.807) is 0 Å². The maximum atomic E-state index is 3.57. The second kappa shape index (κ2) is 5.03. The van der Waals surface area contributed by atoms with Crippen molar-refractivity contribution < 1.29 is 0 Å². The standard InChI is InChI=1S/C13H27N3/c1-13(2,3)14-6-8-15-9-10-16-7-4-5-12(16)11-15/h12,14H,4-11H2,1-3H3. The van der Waals surface area contributed by atoms with E-state index in [-0.39, 0.29) is 5.54 Å². The Bertz CT molecular complexity index is 222. The Balaban J connectivity index is 1.67. The minimum atomic E-state index is 0.259. The molecule has 2 aliphatic rings. The summed E-state index contributed by atoms with van der Waals surface area (Å²) in [4.78, 5) is 5.30. The van der Waals surface area contributed by atoms with Gasteiger partial charge in [0.25, 0.3) is 0 Å². The summed E-state index contributed by atoms with van der Waals surface area (Å²) in [6.07, 6.45) is 2.84. The van der Waals surface area contributed by atoms with Gasteiger partial charge in [-0.2, -0.15) is 0 Å². The molecule has 3 nitrogen and oxygen atoms in total. The average molecular weight is 225 g/mol. The number of fused-ring (bicyclic) bond motifs is 1. The molecule has 0 radical (unpaired) electrons. The molecule has 0 saturated carbocycles. The van der Waals surface area contributed by atoms with Gasteiger partial charge in [-0.1, -0.05) is 0 Å². The van der Waals surface area contributed by atoms with Crippen LogP contribution in [0, 0.1) is 0 Å². The molecule has 3 heteroatoms. The van der Waals surface area contributed by atoms with E-state index in [4.69, 9.17) is 0 Å². The van der Waals surface area contributed by atoms with Gasteiger partial charge >= 0.3 is 0 Å². The zero-order chi connectivity index (χ0) is 11.6. The van der Waals surface area contributed by atoms with Crippen molar-refractivity contribution in [2.45, 2.75) is 45.2 Å². The summed E-state index contributed by atoms with van der Waals surface area (Å²) in [5, 5.41) is 3.57. The van der Waals surface area contributed by atoms with Crippen LogP contribution in [0.4, 0.5) is 0 Å². The molecule has 2 fully saturated rings. The van der Waals surface area contributed by atoms with Crippen LogP contribution >= 0.6 is 0 Å². The molecule has 0 aliphatic carbocycles. The monoisotopic (exact) mass is 225 g/mol.